The van der Waals surface area contributed by atoms with Crippen molar-refractivity contribution in [3.63, 3.8) is 0 Å². The molecule has 0 heterocycles. The zero-order valence-corrected chi connectivity index (χ0v) is 17.7. The van der Waals surface area contributed by atoms with E-state index in [0.717, 1.165) is 17.5 Å². The lowest BCUT2D eigenvalue weighted by atomic mass is 10.1. The van der Waals surface area contributed by atoms with Gasteiger partial charge in [-0.15, -0.1) is 0 Å². The maximum Gasteiger partial charge on any atom is 0.115 e. The minimum atomic E-state index is 0.282. The van der Waals surface area contributed by atoms with Gasteiger partial charge in [0.1, 0.15) is 23.0 Å². The van der Waals surface area contributed by atoms with Crippen molar-refractivity contribution in [1.29, 1.82) is 0 Å². The van der Waals surface area contributed by atoms with Gasteiger partial charge in [-0.25, -0.2) is 0 Å². The number of aromatic hydroxyl groups is 4. The van der Waals surface area contributed by atoms with E-state index in [9.17, 15) is 0 Å². The molecule has 0 saturated carbocycles. The third-order valence-electron chi connectivity index (χ3n) is 4.35. The summed E-state index contributed by atoms with van der Waals surface area (Å²) >= 11 is 0. The van der Waals surface area contributed by atoms with Gasteiger partial charge >= 0.3 is 0 Å². The highest BCUT2D eigenvalue weighted by atomic mass is 16.3. The first kappa shape index (κ1) is 23.4. The van der Waals surface area contributed by atoms with E-state index < -0.39 is 0 Å². The molecule has 0 radical (unpaired) electrons. The second kappa shape index (κ2) is 11.9. The summed E-state index contributed by atoms with van der Waals surface area (Å²) in [5.41, 5.74) is 4.61. The highest BCUT2D eigenvalue weighted by molar-refractivity contribution is 5.33. The molecular weight excluding hydrogens is 388 g/mol. The SMILES string of the molecule is Cc1ccc(O)cc1.Cc1ccc(O)cc1.Oc1ccc(Cc2ccc(O)cc2)cc1. The maximum absolute atomic E-state index is 9.13. The normalized spacial score (nSPS) is 9.61. The van der Waals surface area contributed by atoms with Gasteiger partial charge in [0.15, 0.2) is 0 Å². The van der Waals surface area contributed by atoms with Gasteiger partial charge in [0, 0.05) is 0 Å². The fourth-order valence-electron chi connectivity index (χ4n) is 2.55. The third kappa shape index (κ3) is 9.41. The summed E-state index contributed by atoms with van der Waals surface area (Å²) in [5.74, 6) is 1.22. The summed E-state index contributed by atoms with van der Waals surface area (Å²) < 4.78 is 0. The van der Waals surface area contributed by atoms with Gasteiger partial charge in [0.05, 0.1) is 0 Å². The average Bonchev–Trinajstić information content (AvgIpc) is 2.76. The molecule has 4 rings (SSSR count). The van der Waals surface area contributed by atoms with Crippen LogP contribution in [-0.2, 0) is 6.42 Å². The summed E-state index contributed by atoms with van der Waals surface area (Å²) in [5, 5.41) is 35.8. The molecule has 4 N–H and O–H groups in total. The van der Waals surface area contributed by atoms with Gasteiger partial charge in [-0.1, -0.05) is 59.7 Å². The Hall–Kier alpha value is -3.92. The summed E-state index contributed by atoms with van der Waals surface area (Å²) in [7, 11) is 0. The summed E-state index contributed by atoms with van der Waals surface area (Å²) in [6.45, 7) is 3.97. The van der Waals surface area contributed by atoms with Gasteiger partial charge in [0.2, 0.25) is 0 Å². The lowest BCUT2D eigenvalue weighted by Crippen LogP contribution is -1.86. The number of phenolic OH excluding ortho intramolecular Hbond substituents is 4. The Labute approximate surface area is 183 Å². The topological polar surface area (TPSA) is 80.9 Å². The van der Waals surface area contributed by atoms with E-state index in [1.165, 1.54) is 11.1 Å². The fourth-order valence-corrected chi connectivity index (χ4v) is 2.55. The molecule has 0 aromatic heterocycles. The van der Waals surface area contributed by atoms with Crippen LogP contribution in [0.15, 0.2) is 97.1 Å². The summed E-state index contributed by atoms with van der Waals surface area (Å²) in [6.07, 6.45) is 0.806. The molecule has 4 heteroatoms. The number of rotatable bonds is 2. The second-order valence-corrected chi connectivity index (χ2v) is 7.18. The van der Waals surface area contributed by atoms with Crippen molar-refractivity contribution in [2.75, 3.05) is 0 Å². The molecular formula is C27H28O4. The largest absolute Gasteiger partial charge is 0.508 e. The highest BCUT2D eigenvalue weighted by Gasteiger charge is 1.96. The van der Waals surface area contributed by atoms with E-state index in [4.69, 9.17) is 20.4 Å². The number of phenols is 4. The zero-order chi connectivity index (χ0) is 22.6. The van der Waals surface area contributed by atoms with Crippen molar-refractivity contribution in [3.05, 3.63) is 119 Å². The Morgan fingerprint density at radius 3 is 0.839 bits per heavy atom. The van der Waals surface area contributed by atoms with Crippen LogP contribution in [-0.4, -0.2) is 20.4 Å². The van der Waals surface area contributed by atoms with Gasteiger partial charge in [-0.3, -0.25) is 0 Å². The van der Waals surface area contributed by atoms with Crippen LogP contribution in [0.25, 0.3) is 0 Å². The van der Waals surface area contributed by atoms with E-state index in [0.29, 0.717) is 11.5 Å². The van der Waals surface area contributed by atoms with E-state index in [2.05, 4.69) is 0 Å². The van der Waals surface area contributed by atoms with E-state index in [1.54, 1.807) is 48.5 Å². The molecule has 0 atom stereocenters. The van der Waals surface area contributed by atoms with Crippen LogP contribution in [0.1, 0.15) is 22.3 Å². The zero-order valence-electron chi connectivity index (χ0n) is 17.7. The quantitative estimate of drug-likeness (QED) is 0.319. The van der Waals surface area contributed by atoms with Gasteiger partial charge < -0.3 is 20.4 Å². The molecule has 4 aromatic carbocycles. The van der Waals surface area contributed by atoms with Crippen molar-refractivity contribution in [1.82, 2.24) is 0 Å². The van der Waals surface area contributed by atoms with Crippen molar-refractivity contribution in [2.45, 2.75) is 20.3 Å². The predicted molar refractivity (Wildman–Crippen MR) is 125 cm³/mol. The molecule has 0 aliphatic carbocycles. The van der Waals surface area contributed by atoms with Gasteiger partial charge in [-0.05, 0) is 79.9 Å². The van der Waals surface area contributed by atoms with Gasteiger partial charge in [0.25, 0.3) is 0 Å². The summed E-state index contributed by atoms with van der Waals surface area (Å²) in [4.78, 5) is 0. The van der Waals surface area contributed by atoms with Crippen LogP contribution < -0.4 is 0 Å². The first-order valence-corrected chi connectivity index (χ1v) is 9.89. The number of hydrogen-bond acceptors (Lipinski definition) is 4. The number of benzene rings is 4. The Morgan fingerprint density at radius 2 is 0.613 bits per heavy atom. The predicted octanol–water partition coefficient (Wildman–Crippen LogP) is 6.09. The maximum atomic E-state index is 9.13. The first-order chi connectivity index (χ1) is 14.8. The molecule has 0 saturated heterocycles. The molecule has 0 amide bonds. The lowest BCUT2D eigenvalue weighted by molar-refractivity contribution is 0.474. The minimum Gasteiger partial charge on any atom is -0.508 e. The molecule has 0 aliphatic rings. The Balaban J connectivity index is 0.000000181. The lowest BCUT2D eigenvalue weighted by Gasteiger charge is -2.02. The number of aryl methyl sites for hydroxylation is 2. The van der Waals surface area contributed by atoms with Crippen molar-refractivity contribution < 1.29 is 20.4 Å². The van der Waals surface area contributed by atoms with Crippen LogP contribution in [0.3, 0.4) is 0 Å². The highest BCUT2D eigenvalue weighted by Crippen LogP contribution is 2.16. The third-order valence-corrected chi connectivity index (χ3v) is 4.35. The molecule has 4 nitrogen and oxygen atoms in total. The Bertz CT molecular complexity index is 892. The monoisotopic (exact) mass is 416 g/mol. The van der Waals surface area contributed by atoms with Crippen LogP contribution in [0.4, 0.5) is 0 Å². The number of hydrogen-bond donors (Lipinski definition) is 4. The first-order valence-electron chi connectivity index (χ1n) is 9.89. The van der Waals surface area contributed by atoms with E-state index >= 15 is 0 Å². The smallest absolute Gasteiger partial charge is 0.115 e. The molecule has 0 bridgehead atoms. The van der Waals surface area contributed by atoms with Crippen molar-refractivity contribution >= 4 is 0 Å². The van der Waals surface area contributed by atoms with Gasteiger partial charge in [-0.2, -0.15) is 0 Å². The summed E-state index contributed by atoms with van der Waals surface area (Å²) in [6, 6.07) is 28.5. The Morgan fingerprint density at radius 1 is 0.387 bits per heavy atom. The molecule has 0 fully saturated rings. The fraction of sp³-hybridized carbons (Fsp3) is 0.111. The second-order valence-electron chi connectivity index (χ2n) is 7.18. The Kier molecular flexibility index (Phi) is 8.99. The van der Waals surface area contributed by atoms with Crippen molar-refractivity contribution in [2.24, 2.45) is 0 Å². The molecule has 0 unspecified atom stereocenters. The van der Waals surface area contributed by atoms with Crippen LogP contribution in [0.5, 0.6) is 23.0 Å². The van der Waals surface area contributed by atoms with Crippen LogP contribution in [0.2, 0.25) is 0 Å². The molecule has 0 spiro atoms. The standard InChI is InChI=1S/C13H12O2.2C7H8O/c14-12-5-1-10(2-6-12)9-11-3-7-13(15)8-4-11;2*1-6-2-4-7(8)5-3-6/h1-8,14-15H,9H2;2*2-5,8H,1H3. The van der Waals surface area contributed by atoms with Crippen molar-refractivity contribution in [3.8, 4) is 23.0 Å². The minimum absolute atomic E-state index is 0.282. The molecule has 0 aliphatic heterocycles. The molecule has 31 heavy (non-hydrogen) atoms. The molecule has 160 valence electrons. The van der Waals surface area contributed by atoms with Crippen LogP contribution >= 0.6 is 0 Å². The van der Waals surface area contributed by atoms with E-state index in [1.807, 2.05) is 62.4 Å². The molecule has 4 aromatic rings. The van der Waals surface area contributed by atoms with Crippen LogP contribution in [0, 0.1) is 13.8 Å². The average molecular weight is 417 g/mol. The van der Waals surface area contributed by atoms with E-state index in [-0.39, 0.29) is 11.5 Å².